The zero-order chi connectivity index (χ0) is 14.4. The lowest BCUT2D eigenvalue weighted by Gasteiger charge is -2.17. The molecule has 4 heteroatoms. The molecule has 1 aromatic carbocycles. The van der Waals surface area contributed by atoms with Crippen molar-refractivity contribution in [2.24, 2.45) is 0 Å². The van der Waals surface area contributed by atoms with Crippen molar-refractivity contribution in [3.63, 3.8) is 0 Å². The average Bonchev–Trinajstić information content (AvgIpc) is 2.50. The zero-order valence-corrected chi connectivity index (χ0v) is 12.3. The Morgan fingerprint density at radius 1 is 1.20 bits per heavy atom. The zero-order valence-electron chi connectivity index (χ0n) is 12.3. The second kappa shape index (κ2) is 7.22. The lowest BCUT2D eigenvalue weighted by molar-refractivity contribution is 0.193. The maximum Gasteiger partial charge on any atom is 0.221 e. The molecule has 0 saturated carbocycles. The van der Waals surface area contributed by atoms with Gasteiger partial charge in [0.1, 0.15) is 0 Å². The van der Waals surface area contributed by atoms with Crippen LogP contribution in [-0.2, 0) is 4.74 Å². The highest BCUT2D eigenvalue weighted by Gasteiger charge is 2.12. The number of methoxy groups -OCH3 is 2. The van der Waals surface area contributed by atoms with Crippen molar-refractivity contribution < 1.29 is 9.47 Å². The number of hydrogen-bond donors (Lipinski definition) is 1. The number of aromatic nitrogens is 1. The summed E-state index contributed by atoms with van der Waals surface area (Å²) >= 11 is 0. The minimum Gasteiger partial charge on any atom is -0.481 e. The Morgan fingerprint density at radius 2 is 1.95 bits per heavy atom. The molecule has 20 heavy (non-hydrogen) atoms. The molecular formula is C16H22N2O2. The Hall–Kier alpha value is -1.65. The molecule has 0 aliphatic rings. The van der Waals surface area contributed by atoms with Crippen molar-refractivity contribution in [3.05, 3.63) is 36.0 Å². The molecule has 0 saturated heterocycles. The predicted molar refractivity (Wildman–Crippen MR) is 81.2 cm³/mol. The first-order valence-corrected chi connectivity index (χ1v) is 6.92. The second-order valence-electron chi connectivity index (χ2n) is 4.79. The molecule has 108 valence electrons. The summed E-state index contributed by atoms with van der Waals surface area (Å²) in [5.41, 5.74) is 1.19. The first kappa shape index (κ1) is 14.8. The Bertz CT molecular complexity index is 557. The smallest absolute Gasteiger partial charge is 0.221 e. The molecule has 1 N–H and O–H groups in total. The van der Waals surface area contributed by atoms with Crippen LogP contribution in [0.25, 0.3) is 10.8 Å². The molecule has 0 aliphatic heterocycles. The van der Waals surface area contributed by atoms with Gasteiger partial charge in [0, 0.05) is 31.3 Å². The maximum absolute atomic E-state index is 5.33. The third-order valence-electron chi connectivity index (χ3n) is 3.42. The van der Waals surface area contributed by atoms with E-state index in [-0.39, 0.29) is 6.04 Å². The van der Waals surface area contributed by atoms with E-state index in [0.29, 0.717) is 5.88 Å². The van der Waals surface area contributed by atoms with Gasteiger partial charge in [0.15, 0.2) is 0 Å². The Balaban J connectivity index is 2.21. The fraction of sp³-hybridized carbons (Fsp3) is 0.438. The molecule has 1 unspecified atom stereocenters. The Kier molecular flexibility index (Phi) is 5.32. The van der Waals surface area contributed by atoms with Crippen LogP contribution in [0.5, 0.6) is 5.88 Å². The number of rotatable bonds is 7. The SMILES string of the molecule is COCCCNC(C)c1cnc(OC)c2ccccc12. The topological polar surface area (TPSA) is 43.4 Å². The van der Waals surface area contributed by atoms with E-state index >= 15 is 0 Å². The Morgan fingerprint density at radius 3 is 2.65 bits per heavy atom. The molecule has 0 fully saturated rings. The molecule has 1 aromatic heterocycles. The lowest BCUT2D eigenvalue weighted by atomic mass is 10.0. The highest BCUT2D eigenvalue weighted by Crippen LogP contribution is 2.29. The molecule has 0 amide bonds. The molecule has 0 aliphatic carbocycles. The van der Waals surface area contributed by atoms with E-state index < -0.39 is 0 Å². The molecule has 2 aromatic rings. The van der Waals surface area contributed by atoms with Gasteiger partial charge in [0.05, 0.1) is 7.11 Å². The van der Waals surface area contributed by atoms with Crippen LogP contribution in [0.4, 0.5) is 0 Å². The van der Waals surface area contributed by atoms with Gasteiger partial charge in [0.2, 0.25) is 5.88 Å². The molecule has 0 bridgehead atoms. The van der Waals surface area contributed by atoms with Crippen LogP contribution in [-0.4, -0.2) is 32.4 Å². The first-order chi connectivity index (χ1) is 9.77. The maximum atomic E-state index is 5.33. The largest absolute Gasteiger partial charge is 0.481 e. The van der Waals surface area contributed by atoms with E-state index in [4.69, 9.17) is 9.47 Å². The third kappa shape index (κ3) is 3.26. The van der Waals surface area contributed by atoms with E-state index in [0.717, 1.165) is 25.0 Å². The van der Waals surface area contributed by atoms with Gasteiger partial charge in [-0.3, -0.25) is 0 Å². The first-order valence-electron chi connectivity index (χ1n) is 6.92. The van der Waals surface area contributed by atoms with E-state index in [1.54, 1.807) is 14.2 Å². The summed E-state index contributed by atoms with van der Waals surface area (Å²) in [5, 5.41) is 5.74. The lowest BCUT2D eigenvalue weighted by Crippen LogP contribution is -2.21. The van der Waals surface area contributed by atoms with Crippen molar-refractivity contribution in [1.82, 2.24) is 10.3 Å². The minimum atomic E-state index is 0.246. The van der Waals surface area contributed by atoms with Gasteiger partial charge in [0.25, 0.3) is 0 Å². The summed E-state index contributed by atoms with van der Waals surface area (Å²) in [4.78, 5) is 4.40. The fourth-order valence-electron chi connectivity index (χ4n) is 2.34. The number of benzene rings is 1. The van der Waals surface area contributed by atoms with Crippen LogP contribution in [0, 0.1) is 0 Å². The van der Waals surface area contributed by atoms with Gasteiger partial charge >= 0.3 is 0 Å². The van der Waals surface area contributed by atoms with Crippen molar-refractivity contribution in [2.75, 3.05) is 27.4 Å². The van der Waals surface area contributed by atoms with E-state index in [1.165, 1.54) is 10.9 Å². The Labute approximate surface area is 120 Å². The standard InChI is InChI=1S/C16H22N2O2/c1-12(17-9-6-10-19-2)15-11-18-16(20-3)14-8-5-4-7-13(14)15/h4-5,7-8,11-12,17H,6,9-10H2,1-3H3. The van der Waals surface area contributed by atoms with Crippen molar-refractivity contribution in [2.45, 2.75) is 19.4 Å². The summed E-state index contributed by atoms with van der Waals surface area (Å²) < 4.78 is 10.4. The van der Waals surface area contributed by atoms with Crippen molar-refractivity contribution >= 4 is 10.8 Å². The monoisotopic (exact) mass is 274 g/mol. The quantitative estimate of drug-likeness (QED) is 0.788. The van der Waals surface area contributed by atoms with E-state index in [1.807, 2.05) is 24.4 Å². The van der Waals surface area contributed by atoms with E-state index in [9.17, 15) is 0 Å². The summed E-state index contributed by atoms with van der Waals surface area (Å²) in [6, 6.07) is 8.45. The van der Waals surface area contributed by atoms with Gasteiger partial charge in [-0.1, -0.05) is 18.2 Å². The van der Waals surface area contributed by atoms with E-state index in [2.05, 4.69) is 23.3 Å². The van der Waals surface area contributed by atoms with Crippen molar-refractivity contribution in [1.29, 1.82) is 0 Å². The summed E-state index contributed by atoms with van der Waals surface area (Å²) in [5.74, 6) is 0.677. The summed E-state index contributed by atoms with van der Waals surface area (Å²) in [7, 11) is 3.38. The van der Waals surface area contributed by atoms with Gasteiger partial charge in [-0.25, -0.2) is 4.98 Å². The van der Waals surface area contributed by atoms with Crippen LogP contribution in [0.15, 0.2) is 30.5 Å². The highest BCUT2D eigenvalue weighted by molar-refractivity contribution is 5.89. The van der Waals surface area contributed by atoms with Crippen LogP contribution in [0.1, 0.15) is 24.9 Å². The molecule has 0 radical (unpaired) electrons. The minimum absolute atomic E-state index is 0.246. The van der Waals surface area contributed by atoms with Crippen LogP contribution in [0.2, 0.25) is 0 Å². The molecular weight excluding hydrogens is 252 g/mol. The number of ether oxygens (including phenoxy) is 2. The molecule has 4 nitrogen and oxygen atoms in total. The van der Waals surface area contributed by atoms with Gasteiger partial charge < -0.3 is 14.8 Å². The van der Waals surface area contributed by atoms with Gasteiger partial charge in [-0.2, -0.15) is 0 Å². The van der Waals surface area contributed by atoms with Gasteiger partial charge in [-0.05, 0) is 36.9 Å². The normalized spacial score (nSPS) is 12.6. The van der Waals surface area contributed by atoms with Crippen LogP contribution >= 0.6 is 0 Å². The van der Waals surface area contributed by atoms with Crippen LogP contribution < -0.4 is 10.1 Å². The molecule has 2 rings (SSSR count). The highest BCUT2D eigenvalue weighted by atomic mass is 16.5. The molecule has 1 atom stereocenters. The predicted octanol–water partition coefficient (Wildman–Crippen LogP) is 2.93. The fourth-order valence-corrected chi connectivity index (χ4v) is 2.34. The molecule has 1 heterocycles. The van der Waals surface area contributed by atoms with Crippen molar-refractivity contribution in [3.8, 4) is 5.88 Å². The number of nitrogens with zero attached hydrogens (tertiary/aromatic N) is 1. The number of fused-ring (bicyclic) bond motifs is 1. The number of pyridine rings is 1. The summed E-state index contributed by atoms with van der Waals surface area (Å²) in [6.45, 7) is 3.86. The van der Waals surface area contributed by atoms with Crippen LogP contribution in [0.3, 0.4) is 0 Å². The number of hydrogen-bond acceptors (Lipinski definition) is 4. The number of nitrogens with one attached hydrogen (secondary N) is 1. The summed E-state index contributed by atoms with van der Waals surface area (Å²) in [6.07, 6.45) is 2.90. The molecule has 0 spiro atoms. The third-order valence-corrected chi connectivity index (χ3v) is 3.42. The van der Waals surface area contributed by atoms with Gasteiger partial charge in [-0.15, -0.1) is 0 Å². The second-order valence-corrected chi connectivity index (χ2v) is 4.79. The average molecular weight is 274 g/mol.